The van der Waals surface area contributed by atoms with Gasteiger partial charge in [0.1, 0.15) is 0 Å². The van der Waals surface area contributed by atoms with Gasteiger partial charge >= 0.3 is 0 Å². The fourth-order valence-electron chi connectivity index (χ4n) is 2.96. The van der Waals surface area contributed by atoms with E-state index in [4.69, 9.17) is 10.5 Å². The SMILES string of the molecule is CCC(CN)(C1CC1)N(CCOC)C(C)C. The van der Waals surface area contributed by atoms with Crippen LogP contribution in [0.1, 0.15) is 40.0 Å². The minimum Gasteiger partial charge on any atom is -0.383 e. The van der Waals surface area contributed by atoms with Gasteiger partial charge in [0.05, 0.1) is 6.61 Å². The molecule has 1 aliphatic rings. The van der Waals surface area contributed by atoms with E-state index in [0.29, 0.717) is 6.04 Å². The van der Waals surface area contributed by atoms with Gasteiger partial charge in [0.25, 0.3) is 0 Å². The molecule has 0 aliphatic heterocycles. The van der Waals surface area contributed by atoms with E-state index in [1.54, 1.807) is 7.11 Å². The molecule has 1 atom stereocenters. The summed E-state index contributed by atoms with van der Waals surface area (Å²) in [5, 5.41) is 0. The first-order chi connectivity index (χ1) is 7.62. The molecule has 1 fully saturated rings. The third-order valence-corrected chi connectivity index (χ3v) is 4.03. The van der Waals surface area contributed by atoms with Gasteiger partial charge < -0.3 is 10.5 Å². The van der Waals surface area contributed by atoms with Crippen LogP contribution in [-0.2, 0) is 4.74 Å². The molecule has 3 heteroatoms. The van der Waals surface area contributed by atoms with E-state index < -0.39 is 0 Å². The summed E-state index contributed by atoms with van der Waals surface area (Å²) in [7, 11) is 1.77. The fraction of sp³-hybridized carbons (Fsp3) is 1.00. The smallest absolute Gasteiger partial charge is 0.0590 e. The number of rotatable bonds is 8. The fourth-order valence-corrected chi connectivity index (χ4v) is 2.96. The number of nitrogens with two attached hydrogens (primary N) is 1. The molecule has 0 spiro atoms. The molecule has 2 N–H and O–H groups in total. The van der Waals surface area contributed by atoms with Crippen LogP contribution in [0.4, 0.5) is 0 Å². The molecular weight excluding hydrogens is 200 g/mol. The summed E-state index contributed by atoms with van der Waals surface area (Å²) >= 11 is 0. The van der Waals surface area contributed by atoms with Crippen molar-refractivity contribution in [2.24, 2.45) is 11.7 Å². The molecule has 0 bridgehead atoms. The molecule has 1 rings (SSSR count). The van der Waals surface area contributed by atoms with Crippen molar-refractivity contribution >= 4 is 0 Å². The summed E-state index contributed by atoms with van der Waals surface area (Å²) in [6.07, 6.45) is 3.85. The lowest BCUT2D eigenvalue weighted by Crippen LogP contribution is -2.58. The van der Waals surface area contributed by atoms with E-state index in [-0.39, 0.29) is 5.54 Å². The van der Waals surface area contributed by atoms with Crippen molar-refractivity contribution in [2.75, 3.05) is 26.8 Å². The van der Waals surface area contributed by atoms with E-state index in [1.165, 1.54) is 12.8 Å². The van der Waals surface area contributed by atoms with Crippen molar-refractivity contribution < 1.29 is 4.74 Å². The number of hydrogen-bond acceptors (Lipinski definition) is 3. The molecule has 0 aromatic rings. The Hall–Kier alpha value is -0.120. The summed E-state index contributed by atoms with van der Waals surface area (Å²) in [5.74, 6) is 0.807. The second kappa shape index (κ2) is 5.99. The summed E-state index contributed by atoms with van der Waals surface area (Å²) in [6.45, 7) is 9.36. The molecular formula is C13H28N2O. The zero-order valence-electron chi connectivity index (χ0n) is 11.3. The molecule has 1 saturated carbocycles. The highest BCUT2D eigenvalue weighted by Crippen LogP contribution is 2.45. The Labute approximate surface area is 100 Å². The van der Waals surface area contributed by atoms with E-state index in [0.717, 1.165) is 32.0 Å². The normalized spacial score (nSPS) is 20.4. The van der Waals surface area contributed by atoms with Gasteiger partial charge in [-0.2, -0.15) is 0 Å². The number of hydrogen-bond donors (Lipinski definition) is 1. The van der Waals surface area contributed by atoms with Crippen molar-refractivity contribution in [2.45, 2.75) is 51.6 Å². The van der Waals surface area contributed by atoms with Gasteiger partial charge in [0.15, 0.2) is 0 Å². The first-order valence-electron chi connectivity index (χ1n) is 6.58. The highest BCUT2D eigenvalue weighted by molar-refractivity contribution is 5.03. The Bertz CT molecular complexity index is 198. The Balaban J connectivity index is 2.77. The Morgan fingerprint density at radius 1 is 1.44 bits per heavy atom. The number of ether oxygens (including phenoxy) is 1. The van der Waals surface area contributed by atoms with Gasteiger partial charge in [-0.25, -0.2) is 0 Å². The second-order valence-corrected chi connectivity index (χ2v) is 5.22. The van der Waals surface area contributed by atoms with Gasteiger partial charge in [-0.05, 0) is 39.0 Å². The molecule has 0 amide bonds. The van der Waals surface area contributed by atoms with E-state index >= 15 is 0 Å². The average molecular weight is 228 g/mol. The van der Waals surface area contributed by atoms with Gasteiger partial charge in [-0.15, -0.1) is 0 Å². The van der Waals surface area contributed by atoms with E-state index in [1.807, 2.05) is 0 Å². The number of nitrogens with zero attached hydrogens (tertiary/aromatic N) is 1. The highest BCUT2D eigenvalue weighted by atomic mass is 16.5. The third-order valence-electron chi connectivity index (χ3n) is 4.03. The van der Waals surface area contributed by atoms with Crippen LogP contribution in [0, 0.1) is 5.92 Å². The van der Waals surface area contributed by atoms with Crippen molar-refractivity contribution in [3.8, 4) is 0 Å². The first kappa shape index (κ1) is 13.9. The average Bonchev–Trinajstić information content (AvgIpc) is 3.08. The lowest BCUT2D eigenvalue weighted by atomic mass is 9.86. The molecule has 0 aromatic heterocycles. The summed E-state index contributed by atoms with van der Waals surface area (Å²) in [4.78, 5) is 2.56. The van der Waals surface area contributed by atoms with Crippen LogP contribution in [-0.4, -0.2) is 43.3 Å². The monoisotopic (exact) mass is 228 g/mol. The molecule has 0 radical (unpaired) electrons. The summed E-state index contributed by atoms with van der Waals surface area (Å²) in [6, 6.07) is 0.541. The molecule has 3 nitrogen and oxygen atoms in total. The quantitative estimate of drug-likeness (QED) is 0.689. The van der Waals surface area contributed by atoms with E-state index in [2.05, 4.69) is 25.7 Å². The molecule has 1 aliphatic carbocycles. The van der Waals surface area contributed by atoms with Gasteiger partial charge in [0.2, 0.25) is 0 Å². The maximum Gasteiger partial charge on any atom is 0.0590 e. The van der Waals surface area contributed by atoms with Gasteiger partial charge in [0, 0.05) is 31.8 Å². The molecule has 1 unspecified atom stereocenters. The van der Waals surface area contributed by atoms with Crippen molar-refractivity contribution in [3.63, 3.8) is 0 Å². The predicted octanol–water partition coefficient (Wildman–Crippen LogP) is 1.86. The van der Waals surface area contributed by atoms with Crippen LogP contribution in [0.2, 0.25) is 0 Å². The lowest BCUT2D eigenvalue weighted by Gasteiger charge is -2.46. The zero-order valence-corrected chi connectivity index (χ0v) is 11.3. The maximum absolute atomic E-state index is 6.09. The van der Waals surface area contributed by atoms with Crippen LogP contribution >= 0.6 is 0 Å². The van der Waals surface area contributed by atoms with Crippen LogP contribution in [0.15, 0.2) is 0 Å². The minimum absolute atomic E-state index is 0.215. The highest BCUT2D eigenvalue weighted by Gasteiger charge is 2.47. The zero-order chi connectivity index (χ0) is 12.2. The Morgan fingerprint density at radius 3 is 2.38 bits per heavy atom. The first-order valence-corrected chi connectivity index (χ1v) is 6.58. The standard InChI is InChI=1S/C13H28N2O/c1-5-13(10-14,12-6-7-12)15(11(2)3)8-9-16-4/h11-12H,5-10,14H2,1-4H3. The maximum atomic E-state index is 6.09. The minimum atomic E-state index is 0.215. The molecule has 0 aromatic carbocycles. The molecule has 96 valence electrons. The summed E-state index contributed by atoms with van der Waals surface area (Å²) < 4.78 is 5.22. The van der Waals surface area contributed by atoms with E-state index in [9.17, 15) is 0 Å². The largest absolute Gasteiger partial charge is 0.383 e. The Kier molecular flexibility index (Phi) is 5.22. The third kappa shape index (κ3) is 2.76. The van der Waals surface area contributed by atoms with Gasteiger partial charge in [-0.1, -0.05) is 6.92 Å². The van der Waals surface area contributed by atoms with Crippen molar-refractivity contribution in [1.82, 2.24) is 4.90 Å². The molecule has 0 heterocycles. The van der Waals surface area contributed by atoms with Crippen LogP contribution in [0.3, 0.4) is 0 Å². The van der Waals surface area contributed by atoms with Crippen LogP contribution in [0.25, 0.3) is 0 Å². The van der Waals surface area contributed by atoms with Crippen LogP contribution in [0.5, 0.6) is 0 Å². The van der Waals surface area contributed by atoms with Crippen molar-refractivity contribution in [3.05, 3.63) is 0 Å². The topological polar surface area (TPSA) is 38.5 Å². The number of methoxy groups -OCH3 is 1. The predicted molar refractivity (Wildman–Crippen MR) is 68.5 cm³/mol. The molecule has 16 heavy (non-hydrogen) atoms. The second-order valence-electron chi connectivity index (χ2n) is 5.22. The van der Waals surface area contributed by atoms with Crippen molar-refractivity contribution in [1.29, 1.82) is 0 Å². The Morgan fingerprint density at radius 2 is 2.06 bits per heavy atom. The van der Waals surface area contributed by atoms with Crippen LogP contribution < -0.4 is 5.73 Å². The van der Waals surface area contributed by atoms with Gasteiger partial charge in [-0.3, -0.25) is 4.90 Å². The summed E-state index contributed by atoms with van der Waals surface area (Å²) in [5.41, 5.74) is 6.30. The lowest BCUT2D eigenvalue weighted by molar-refractivity contribution is 0.0167. The molecule has 0 saturated heterocycles.